The van der Waals surface area contributed by atoms with Crippen LogP contribution in [0.4, 0.5) is 0 Å². The number of carboxylic acid groups (broad SMARTS) is 1. The van der Waals surface area contributed by atoms with Crippen molar-refractivity contribution in [2.24, 2.45) is 0 Å². The highest BCUT2D eigenvalue weighted by Crippen LogP contribution is 2.26. The summed E-state index contributed by atoms with van der Waals surface area (Å²) >= 11 is 0. The molecule has 1 saturated carbocycles. The maximum Gasteiger partial charge on any atom is 0.336 e. The Bertz CT molecular complexity index is 252. The molecule has 1 aliphatic rings. The number of aliphatic carboxylic acids is 1. The highest BCUT2D eigenvalue weighted by Gasteiger charge is 2.31. The predicted octanol–water partition coefficient (Wildman–Crippen LogP) is -0.106. The molecule has 0 bridgehead atoms. The Kier molecular flexibility index (Phi) is 4.29. The van der Waals surface area contributed by atoms with Gasteiger partial charge < -0.3 is 15.5 Å². The summed E-state index contributed by atoms with van der Waals surface area (Å²) < 4.78 is 0. The van der Waals surface area contributed by atoms with E-state index >= 15 is 0 Å². The zero-order valence-corrected chi connectivity index (χ0v) is 10.2. The highest BCUT2D eigenvalue weighted by atomic mass is 16.4. The summed E-state index contributed by atoms with van der Waals surface area (Å²) in [6.07, 6.45) is 2.52. The van der Waals surface area contributed by atoms with Crippen molar-refractivity contribution in [2.45, 2.75) is 44.4 Å². The van der Waals surface area contributed by atoms with Gasteiger partial charge in [-0.1, -0.05) is 0 Å². The minimum Gasteiger partial charge on any atom is -0.479 e. The smallest absolute Gasteiger partial charge is 0.336 e. The van der Waals surface area contributed by atoms with Gasteiger partial charge in [-0.25, -0.2) is 4.79 Å². The number of carboxylic acids is 1. The first-order valence-corrected chi connectivity index (χ1v) is 5.73. The fraction of sp³-hybridized carbons (Fsp3) is 0.909. The molecule has 0 aromatic heterocycles. The summed E-state index contributed by atoms with van der Waals surface area (Å²) in [4.78, 5) is 12.9. The van der Waals surface area contributed by atoms with Crippen LogP contribution in [0.25, 0.3) is 0 Å². The SMILES string of the molecule is CC(CNCC(C)(O)C(=O)O)N(C)C1CC1. The van der Waals surface area contributed by atoms with E-state index in [9.17, 15) is 9.90 Å². The molecule has 0 aromatic carbocycles. The molecule has 0 aliphatic heterocycles. The van der Waals surface area contributed by atoms with Crippen LogP contribution in [0.5, 0.6) is 0 Å². The van der Waals surface area contributed by atoms with Crippen molar-refractivity contribution in [3.05, 3.63) is 0 Å². The lowest BCUT2D eigenvalue weighted by Crippen LogP contribution is -2.48. The van der Waals surface area contributed by atoms with Gasteiger partial charge in [-0.3, -0.25) is 4.90 Å². The van der Waals surface area contributed by atoms with E-state index in [4.69, 9.17) is 5.11 Å². The predicted molar refractivity (Wildman–Crippen MR) is 61.4 cm³/mol. The van der Waals surface area contributed by atoms with Crippen LogP contribution in [0, 0.1) is 0 Å². The Morgan fingerprint density at radius 3 is 2.62 bits per heavy atom. The van der Waals surface area contributed by atoms with Crippen molar-refractivity contribution in [3.8, 4) is 0 Å². The summed E-state index contributed by atoms with van der Waals surface area (Å²) in [6, 6.07) is 1.05. The maximum atomic E-state index is 10.6. The van der Waals surface area contributed by atoms with E-state index in [1.807, 2.05) is 0 Å². The van der Waals surface area contributed by atoms with E-state index in [0.717, 1.165) is 0 Å². The molecule has 0 heterocycles. The quantitative estimate of drug-likeness (QED) is 0.569. The van der Waals surface area contributed by atoms with Crippen molar-refractivity contribution in [1.29, 1.82) is 0 Å². The number of hydrogen-bond donors (Lipinski definition) is 3. The number of nitrogens with one attached hydrogen (secondary N) is 1. The van der Waals surface area contributed by atoms with E-state index in [-0.39, 0.29) is 6.54 Å². The van der Waals surface area contributed by atoms with Gasteiger partial charge in [0.2, 0.25) is 0 Å². The Hall–Kier alpha value is -0.650. The van der Waals surface area contributed by atoms with Gasteiger partial charge in [0, 0.05) is 25.2 Å². The monoisotopic (exact) mass is 230 g/mol. The van der Waals surface area contributed by atoms with Crippen molar-refractivity contribution in [1.82, 2.24) is 10.2 Å². The molecule has 5 nitrogen and oxygen atoms in total. The van der Waals surface area contributed by atoms with Crippen LogP contribution in [0.3, 0.4) is 0 Å². The summed E-state index contributed by atoms with van der Waals surface area (Å²) in [5, 5.41) is 21.2. The molecular weight excluding hydrogens is 208 g/mol. The first kappa shape index (κ1) is 13.4. The molecule has 0 radical (unpaired) electrons. The van der Waals surface area contributed by atoms with Crippen LogP contribution < -0.4 is 5.32 Å². The zero-order valence-electron chi connectivity index (χ0n) is 10.2. The Balaban J connectivity index is 2.21. The summed E-state index contributed by atoms with van der Waals surface area (Å²) in [6.45, 7) is 4.17. The maximum absolute atomic E-state index is 10.6. The van der Waals surface area contributed by atoms with Gasteiger partial charge >= 0.3 is 5.97 Å². The number of likely N-dealkylation sites (N-methyl/N-ethyl adjacent to an activating group) is 1. The van der Waals surface area contributed by atoms with Crippen molar-refractivity contribution >= 4 is 5.97 Å². The summed E-state index contributed by atoms with van der Waals surface area (Å²) in [5.41, 5.74) is -1.68. The highest BCUT2D eigenvalue weighted by molar-refractivity contribution is 5.76. The molecule has 16 heavy (non-hydrogen) atoms. The minimum atomic E-state index is -1.68. The van der Waals surface area contributed by atoms with Crippen molar-refractivity contribution < 1.29 is 15.0 Å². The Morgan fingerprint density at radius 1 is 1.62 bits per heavy atom. The molecule has 0 saturated heterocycles. The average molecular weight is 230 g/mol. The molecule has 1 aliphatic carbocycles. The van der Waals surface area contributed by atoms with Crippen LogP contribution in [-0.4, -0.2) is 58.9 Å². The van der Waals surface area contributed by atoms with Crippen LogP contribution >= 0.6 is 0 Å². The normalized spacial score (nSPS) is 21.8. The van der Waals surface area contributed by atoms with Gasteiger partial charge in [-0.15, -0.1) is 0 Å². The van der Waals surface area contributed by atoms with Crippen molar-refractivity contribution in [3.63, 3.8) is 0 Å². The van der Waals surface area contributed by atoms with E-state index in [2.05, 4.69) is 24.2 Å². The largest absolute Gasteiger partial charge is 0.479 e. The third-order valence-electron chi connectivity index (χ3n) is 3.19. The molecule has 94 valence electrons. The van der Waals surface area contributed by atoms with Gasteiger partial charge in [0.1, 0.15) is 0 Å². The topological polar surface area (TPSA) is 72.8 Å². The average Bonchev–Trinajstić information content (AvgIpc) is 2.99. The van der Waals surface area contributed by atoms with E-state index in [1.54, 1.807) is 0 Å². The van der Waals surface area contributed by atoms with Crippen LogP contribution in [-0.2, 0) is 4.79 Å². The van der Waals surface area contributed by atoms with E-state index in [1.165, 1.54) is 19.8 Å². The van der Waals surface area contributed by atoms with Crippen LogP contribution in [0.1, 0.15) is 26.7 Å². The summed E-state index contributed by atoms with van der Waals surface area (Å²) in [5.74, 6) is -1.19. The standard InChI is InChI=1S/C11H22N2O3/c1-8(13(3)9-4-5-9)6-12-7-11(2,16)10(14)15/h8-9,12,16H,4-7H2,1-3H3,(H,14,15). The van der Waals surface area contributed by atoms with Crippen molar-refractivity contribution in [2.75, 3.05) is 20.1 Å². The second-order valence-electron chi connectivity index (χ2n) is 4.96. The number of rotatable bonds is 7. The van der Waals surface area contributed by atoms with Crippen LogP contribution in [0.2, 0.25) is 0 Å². The molecule has 1 rings (SSSR count). The first-order valence-electron chi connectivity index (χ1n) is 5.73. The molecule has 5 heteroatoms. The molecule has 0 aromatic rings. The number of nitrogens with zero attached hydrogens (tertiary/aromatic N) is 1. The first-order chi connectivity index (χ1) is 7.34. The lowest BCUT2D eigenvalue weighted by atomic mass is 10.1. The number of carbonyl (C=O) groups is 1. The molecule has 2 unspecified atom stereocenters. The van der Waals surface area contributed by atoms with E-state index < -0.39 is 11.6 Å². The fourth-order valence-electron chi connectivity index (χ4n) is 1.59. The molecule has 3 N–H and O–H groups in total. The van der Waals surface area contributed by atoms with Gasteiger partial charge in [-0.2, -0.15) is 0 Å². The zero-order chi connectivity index (χ0) is 12.3. The third kappa shape index (κ3) is 3.73. The van der Waals surface area contributed by atoms with Gasteiger partial charge in [0.05, 0.1) is 0 Å². The van der Waals surface area contributed by atoms with Gasteiger partial charge in [0.15, 0.2) is 5.60 Å². The fourth-order valence-corrected chi connectivity index (χ4v) is 1.59. The Morgan fingerprint density at radius 2 is 2.19 bits per heavy atom. The molecule has 0 amide bonds. The summed E-state index contributed by atoms with van der Waals surface area (Å²) in [7, 11) is 2.08. The lowest BCUT2D eigenvalue weighted by Gasteiger charge is -2.26. The molecule has 1 fully saturated rings. The number of aliphatic hydroxyl groups is 1. The second-order valence-corrected chi connectivity index (χ2v) is 4.96. The number of hydrogen-bond acceptors (Lipinski definition) is 4. The van der Waals surface area contributed by atoms with E-state index in [0.29, 0.717) is 18.6 Å². The Labute approximate surface area is 96.4 Å². The second kappa shape index (κ2) is 5.12. The third-order valence-corrected chi connectivity index (χ3v) is 3.19. The molecule has 2 atom stereocenters. The molecular formula is C11H22N2O3. The lowest BCUT2D eigenvalue weighted by molar-refractivity contribution is -0.156. The molecule has 0 spiro atoms. The van der Waals surface area contributed by atoms with Gasteiger partial charge in [0.25, 0.3) is 0 Å². The van der Waals surface area contributed by atoms with Gasteiger partial charge in [-0.05, 0) is 33.7 Å². The van der Waals surface area contributed by atoms with Crippen LogP contribution in [0.15, 0.2) is 0 Å². The minimum absolute atomic E-state index is 0.0746.